The summed E-state index contributed by atoms with van der Waals surface area (Å²) in [4.78, 5) is 2.60. The Hall–Kier alpha value is -1.08. The predicted octanol–water partition coefficient (Wildman–Crippen LogP) is 3.29. The van der Waals surface area contributed by atoms with E-state index in [0.29, 0.717) is 0 Å². The molecule has 1 heterocycles. The van der Waals surface area contributed by atoms with E-state index in [0.717, 1.165) is 12.5 Å². The molecule has 0 spiro atoms. The summed E-state index contributed by atoms with van der Waals surface area (Å²) in [5.74, 6) is 0.774. The molecule has 1 aliphatic heterocycles. The summed E-state index contributed by atoms with van der Waals surface area (Å²) in [5.41, 5.74) is 4.63. The molecule has 1 heteroatoms. The predicted molar refractivity (Wildman–Crippen MR) is 72.4 cm³/mol. The highest BCUT2D eigenvalue weighted by Gasteiger charge is 2.24. The molecule has 90 valence electrons. The van der Waals surface area contributed by atoms with Gasteiger partial charge in [-0.2, -0.15) is 0 Å². The van der Waals surface area contributed by atoms with Crippen LogP contribution >= 0.6 is 0 Å². The van der Waals surface area contributed by atoms with Crippen molar-refractivity contribution in [3.8, 4) is 0 Å². The molecular formula is C16H21N. The second-order valence-corrected chi connectivity index (χ2v) is 5.46. The number of aryl methyl sites for hydroxylation is 2. The Morgan fingerprint density at radius 1 is 1.29 bits per heavy atom. The maximum atomic E-state index is 2.60. The van der Waals surface area contributed by atoms with Crippen LogP contribution in [0.15, 0.2) is 30.4 Å². The Morgan fingerprint density at radius 3 is 3.06 bits per heavy atom. The van der Waals surface area contributed by atoms with Crippen LogP contribution in [0.5, 0.6) is 0 Å². The van der Waals surface area contributed by atoms with Gasteiger partial charge in [0.1, 0.15) is 0 Å². The molecule has 0 aromatic heterocycles. The highest BCUT2D eigenvalue weighted by Crippen LogP contribution is 2.34. The normalized spacial score (nSPS) is 23.9. The number of nitrogens with zero attached hydrogens (tertiary/aromatic N) is 1. The summed E-state index contributed by atoms with van der Waals surface area (Å²) in [7, 11) is 0. The fourth-order valence-electron chi connectivity index (χ4n) is 3.16. The Kier molecular flexibility index (Phi) is 3.02. The number of hydrogen-bond donors (Lipinski definition) is 0. The summed E-state index contributed by atoms with van der Waals surface area (Å²) in [6.07, 6.45) is 8.48. The third-order valence-corrected chi connectivity index (χ3v) is 4.12. The molecule has 1 aliphatic carbocycles. The molecule has 0 amide bonds. The van der Waals surface area contributed by atoms with Crippen LogP contribution in [0, 0.1) is 6.92 Å². The lowest BCUT2D eigenvalue weighted by Gasteiger charge is -2.26. The first kappa shape index (κ1) is 11.0. The molecule has 0 radical (unpaired) electrons. The van der Waals surface area contributed by atoms with Crippen LogP contribution in [0.2, 0.25) is 0 Å². The van der Waals surface area contributed by atoms with Gasteiger partial charge >= 0.3 is 0 Å². The first-order valence-electron chi connectivity index (χ1n) is 6.80. The number of fused-ring (bicyclic) bond motifs is 1. The van der Waals surface area contributed by atoms with Crippen molar-refractivity contribution in [3.63, 3.8) is 0 Å². The van der Waals surface area contributed by atoms with E-state index in [1.807, 2.05) is 0 Å². The van der Waals surface area contributed by atoms with Crippen molar-refractivity contribution in [3.05, 3.63) is 47.0 Å². The number of hydrogen-bond acceptors (Lipinski definition) is 1. The van der Waals surface area contributed by atoms with Crippen molar-refractivity contribution in [2.24, 2.45) is 0 Å². The molecule has 17 heavy (non-hydrogen) atoms. The molecule has 1 nitrogen and oxygen atoms in total. The van der Waals surface area contributed by atoms with E-state index < -0.39 is 0 Å². The van der Waals surface area contributed by atoms with Crippen LogP contribution < -0.4 is 0 Å². The van der Waals surface area contributed by atoms with Crippen LogP contribution in [0.4, 0.5) is 0 Å². The summed E-state index contributed by atoms with van der Waals surface area (Å²) in [6.45, 7) is 5.85. The fraction of sp³-hybridized carbons (Fsp3) is 0.500. The van der Waals surface area contributed by atoms with Crippen LogP contribution in [-0.4, -0.2) is 24.5 Å². The largest absolute Gasteiger partial charge is 0.299 e. The molecule has 0 bridgehead atoms. The maximum absolute atomic E-state index is 2.60. The molecular weight excluding hydrogens is 206 g/mol. The molecule has 0 saturated heterocycles. The van der Waals surface area contributed by atoms with Gasteiger partial charge in [0, 0.05) is 19.6 Å². The van der Waals surface area contributed by atoms with Gasteiger partial charge in [-0.25, -0.2) is 0 Å². The molecule has 0 fully saturated rings. The quantitative estimate of drug-likeness (QED) is 0.701. The first-order chi connectivity index (χ1) is 8.33. The lowest BCUT2D eigenvalue weighted by Crippen LogP contribution is -2.31. The summed E-state index contributed by atoms with van der Waals surface area (Å²) in [6, 6.07) is 7.00. The van der Waals surface area contributed by atoms with Crippen molar-refractivity contribution >= 4 is 0 Å². The average molecular weight is 227 g/mol. The molecule has 3 rings (SSSR count). The minimum atomic E-state index is 0.774. The van der Waals surface area contributed by atoms with E-state index in [1.165, 1.54) is 37.9 Å². The van der Waals surface area contributed by atoms with Gasteiger partial charge < -0.3 is 0 Å². The van der Waals surface area contributed by atoms with Crippen molar-refractivity contribution in [2.45, 2.75) is 32.1 Å². The van der Waals surface area contributed by atoms with E-state index in [2.05, 4.69) is 42.2 Å². The van der Waals surface area contributed by atoms with E-state index in [9.17, 15) is 0 Å². The Labute approximate surface area is 104 Å². The Balaban J connectivity index is 1.74. The van der Waals surface area contributed by atoms with E-state index in [1.54, 1.807) is 11.1 Å². The van der Waals surface area contributed by atoms with Crippen molar-refractivity contribution in [1.82, 2.24) is 4.90 Å². The van der Waals surface area contributed by atoms with Crippen LogP contribution in [0.1, 0.15) is 35.4 Å². The van der Waals surface area contributed by atoms with E-state index >= 15 is 0 Å². The van der Waals surface area contributed by atoms with Crippen molar-refractivity contribution in [1.29, 1.82) is 0 Å². The summed E-state index contributed by atoms with van der Waals surface area (Å²) < 4.78 is 0. The van der Waals surface area contributed by atoms with Crippen LogP contribution in [-0.2, 0) is 6.42 Å². The first-order valence-corrected chi connectivity index (χ1v) is 6.80. The Bertz CT molecular complexity index is 433. The molecule has 0 N–H and O–H groups in total. The van der Waals surface area contributed by atoms with Gasteiger partial charge in [-0.1, -0.05) is 35.9 Å². The average Bonchev–Trinajstić information content (AvgIpc) is 2.73. The van der Waals surface area contributed by atoms with Crippen molar-refractivity contribution in [2.75, 3.05) is 19.6 Å². The summed E-state index contributed by atoms with van der Waals surface area (Å²) in [5, 5.41) is 0. The number of rotatable bonds is 2. The van der Waals surface area contributed by atoms with Crippen LogP contribution in [0.25, 0.3) is 0 Å². The highest BCUT2D eigenvalue weighted by molar-refractivity contribution is 5.38. The summed E-state index contributed by atoms with van der Waals surface area (Å²) >= 11 is 0. The third-order valence-electron chi connectivity index (χ3n) is 4.12. The second-order valence-electron chi connectivity index (χ2n) is 5.46. The lowest BCUT2D eigenvalue weighted by molar-refractivity contribution is 0.278. The molecule has 1 aromatic carbocycles. The van der Waals surface area contributed by atoms with Gasteiger partial charge in [-0.15, -0.1) is 0 Å². The van der Waals surface area contributed by atoms with Gasteiger partial charge in [0.05, 0.1) is 0 Å². The molecule has 1 aromatic rings. The zero-order valence-electron chi connectivity index (χ0n) is 10.7. The van der Waals surface area contributed by atoms with Crippen LogP contribution in [0.3, 0.4) is 0 Å². The van der Waals surface area contributed by atoms with Gasteiger partial charge in [-0.05, 0) is 43.2 Å². The van der Waals surface area contributed by atoms with Gasteiger partial charge in [0.2, 0.25) is 0 Å². The SMILES string of the molecule is Cc1ccc2c(c1)C(CN1CC=CCC1)CC2. The van der Waals surface area contributed by atoms with Gasteiger partial charge in [-0.3, -0.25) is 4.90 Å². The zero-order valence-corrected chi connectivity index (χ0v) is 10.7. The second kappa shape index (κ2) is 4.66. The minimum Gasteiger partial charge on any atom is -0.299 e. The number of benzene rings is 1. The van der Waals surface area contributed by atoms with E-state index in [-0.39, 0.29) is 0 Å². The molecule has 0 saturated carbocycles. The molecule has 2 aliphatic rings. The monoisotopic (exact) mass is 227 g/mol. The standard InChI is InChI=1S/C16H21N/c1-13-5-6-14-7-8-15(16(14)11-13)12-17-9-3-2-4-10-17/h2-3,5-6,11,15H,4,7-10,12H2,1H3. The fourth-order valence-corrected chi connectivity index (χ4v) is 3.16. The third kappa shape index (κ3) is 2.30. The Morgan fingerprint density at radius 2 is 2.24 bits per heavy atom. The smallest absolute Gasteiger partial charge is 0.0163 e. The molecule has 1 atom stereocenters. The van der Waals surface area contributed by atoms with Crippen molar-refractivity contribution < 1.29 is 0 Å². The highest BCUT2D eigenvalue weighted by atomic mass is 15.1. The van der Waals surface area contributed by atoms with Gasteiger partial charge in [0.25, 0.3) is 0 Å². The topological polar surface area (TPSA) is 3.24 Å². The maximum Gasteiger partial charge on any atom is 0.0163 e. The molecule has 1 unspecified atom stereocenters. The van der Waals surface area contributed by atoms with E-state index in [4.69, 9.17) is 0 Å². The van der Waals surface area contributed by atoms with Gasteiger partial charge in [0.15, 0.2) is 0 Å². The zero-order chi connectivity index (χ0) is 11.7. The lowest BCUT2D eigenvalue weighted by atomic mass is 9.98. The minimum absolute atomic E-state index is 0.774.